The Hall–Kier alpha value is -1.61. The van der Waals surface area contributed by atoms with E-state index in [1.807, 2.05) is 54.2 Å². The second-order valence-corrected chi connectivity index (χ2v) is 6.43. The number of thioether (sulfide) groups is 1. The Morgan fingerprint density at radius 1 is 0.905 bits per heavy atom. The number of hydrogen-bond donors (Lipinski definition) is 0. The van der Waals surface area contributed by atoms with Gasteiger partial charge in [-0.1, -0.05) is 30.3 Å². The predicted octanol–water partition coefficient (Wildman–Crippen LogP) is 4.89. The molecule has 1 aliphatic heterocycles. The average Bonchev–Trinajstić information content (AvgIpc) is 2.56. The van der Waals surface area contributed by atoms with Gasteiger partial charge in [0, 0.05) is 0 Å². The summed E-state index contributed by atoms with van der Waals surface area (Å²) in [4.78, 5) is 0. The highest BCUT2D eigenvalue weighted by Crippen LogP contribution is 2.28. The Balaban J connectivity index is 1.51. The van der Waals surface area contributed by atoms with Crippen LogP contribution in [-0.4, -0.2) is 11.2 Å². The molecule has 1 saturated heterocycles. The number of hydrogen-bond acceptors (Lipinski definition) is 3. The molecule has 0 aromatic heterocycles. The lowest BCUT2D eigenvalue weighted by molar-refractivity contribution is 0.266. The van der Waals surface area contributed by atoms with Gasteiger partial charge < -0.3 is 9.47 Å². The average molecular weight is 300 g/mol. The van der Waals surface area contributed by atoms with Gasteiger partial charge in [0.05, 0.1) is 0 Å². The van der Waals surface area contributed by atoms with Gasteiger partial charge in [-0.15, -0.1) is 11.8 Å². The van der Waals surface area contributed by atoms with Crippen molar-refractivity contribution in [2.45, 2.75) is 31.3 Å². The predicted molar refractivity (Wildman–Crippen MR) is 87.9 cm³/mol. The smallest absolute Gasteiger partial charge is 0.144 e. The van der Waals surface area contributed by atoms with Crippen molar-refractivity contribution in [1.82, 2.24) is 0 Å². The highest BCUT2D eigenvalue weighted by Gasteiger charge is 2.15. The molecule has 1 fully saturated rings. The number of ether oxygens (including phenoxy) is 2. The summed E-state index contributed by atoms with van der Waals surface area (Å²) in [5, 5.41) is 0. The van der Waals surface area contributed by atoms with Crippen molar-refractivity contribution in [3.63, 3.8) is 0 Å². The van der Waals surface area contributed by atoms with Gasteiger partial charge in [0.15, 0.2) is 0 Å². The summed E-state index contributed by atoms with van der Waals surface area (Å²) in [6, 6.07) is 18.1. The molecule has 2 aromatic rings. The number of rotatable bonds is 5. The molecule has 0 spiro atoms. The van der Waals surface area contributed by atoms with Gasteiger partial charge >= 0.3 is 0 Å². The first kappa shape index (κ1) is 14.3. The van der Waals surface area contributed by atoms with Crippen LogP contribution in [0.15, 0.2) is 54.6 Å². The molecule has 1 heterocycles. The van der Waals surface area contributed by atoms with Crippen LogP contribution in [0.5, 0.6) is 11.5 Å². The van der Waals surface area contributed by atoms with Gasteiger partial charge in [0.25, 0.3) is 0 Å². The van der Waals surface area contributed by atoms with Crippen molar-refractivity contribution in [3.8, 4) is 11.5 Å². The molecule has 0 bridgehead atoms. The van der Waals surface area contributed by atoms with Crippen LogP contribution in [0.3, 0.4) is 0 Å². The first-order valence-corrected chi connectivity index (χ1v) is 8.50. The quantitative estimate of drug-likeness (QED) is 0.783. The van der Waals surface area contributed by atoms with Crippen LogP contribution in [0.1, 0.15) is 24.8 Å². The summed E-state index contributed by atoms with van der Waals surface area (Å²) in [5.41, 5.74) is 1.49. The van der Waals surface area contributed by atoms with E-state index in [9.17, 15) is 0 Å². The van der Waals surface area contributed by atoms with Crippen LogP contribution in [0, 0.1) is 0 Å². The van der Waals surface area contributed by atoms with Crippen LogP contribution in [0.25, 0.3) is 0 Å². The Morgan fingerprint density at radius 2 is 1.67 bits per heavy atom. The van der Waals surface area contributed by atoms with Crippen LogP contribution < -0.4 is 9.47 Å². The molecule has 1 aliphatic rings. The highest BCUT2D eigenvalue weighted by molar-refractivity contribution is 7.99. The van der Waals surface area contributed by atoms with Gasteiger partial charge in [-0.25, -0.2) is 0 Å². The SMILES string of the molecule is c1ccc(COc2ccc(OC3CCCCS3)cc2)cc1. The van der Waals surface area contributed by atoms with E-state index in [1.165, 1.54) is 24.2 Å². The summed E-state index contributed by atoms with van der Waals surface area (Å²) < 4.78 is 11.8. The van der Waals surface area contributed by atoms with Gasteiger partial charge in [-0.3, -0.25) is 0 Å². The third kappa shape index (κ3) is 4.43. The molecule has 3 rings (SSSR count). The topological polar surface area (TPSA) is 18.5 Å². The van der Waals surface area contributed by atoms with Crippen LogP contribution in [-0.2, 0) is 6.61 Å². The Kier molecular flexibility index (Phi) is 5.06. The maximum atomic E-state index is 5.98. The lowest BCUT2D eigenvalue weighted by atomic mass is 10.2. The zero-order valence-electron chi connectivity index (χ0n) is 12.0. The minimum atomic E-state index is 0.315. The maximum absolute atomic E-state index is 5.98. The van der Waals surface area contributed by atoms with E-state index in [2.05, 4.69) is 12.1 Å². The molecule has 110 valence electrons. The van der Waals surface area contributed by atoms with E-state index in [4.69, 9.17) is 9.47 Å². The summed E-state index contributed by atoms with van der Waals surface area (Å²) in [6.07, 6.45) is 3.74. The fourth-order valence-electron chi connectivity index (χ4n) is 2.31. The molecule has 21 heavy (non-hydrogen) atoms. The molecule has 2 aromatic carbocycles. The molecular weight excluding hydrogens is 280 g/mol. The second-order valence-electron chi connectivity index (χ2n) is 5.16. The fourth-order valence-corrected chi connectivity index (χ4v) is 3.46. The van der Waals surface area contributed by atoms with Crippen molar-refractivity contribution < 1.29 is 9.47 Å². The van der Waals surface area contributed by atoms with Gasteiger partial charge in [-0.05, 0) is 54.8 Å². The zero-order chi connectivity index (χ0) is 14.3. The van der Waals surface area contributed by atoms with E-state index < -0.39 is 0 Å². The molecule has 0 amide bonds. The third-order valence-corrected chi connectivity index (χ3v) is 4.71. The highest BCUT2D eigenvalue weighted by atomic mass is 32.2. The third-order valence-electron chi connectivity index (χ3n) is 3.48. The van der Waals surface area contributed by atoms with Gasteiger partial charge in [0.1, 0.15) is 23.5 Å². The van der Waals surface area contributed by atoms with Crippen molar-refractivity contribution in [2.24, 2.45) is 0 Å². The molecule has 0 radical (unpaired) electrons. The van der Waals surface area contributed by atoms with Crippen molar-refractivity contribution in [1.29, 1.82) is 0 Å². The lowest BCUT2D eigenvalue weighted by Gasteiger charge is -2.22. The van der Waals surface area contributed by atoms with Crippen LogP contribution in [0.4, 0.5) is 0 Å². The molecule has 2 nitrogen and oxygen atoms in total. The summed E-state index contributed by atoms with van der Waals surface area (Å²) >= 11 is 1.92. The Morgan fingerprint density at radius 3 is 2.38 bits per heavy atom. The molecular formula is C18H20O2S. The first-order valence-electron chi connectivity index (χ1n) is 7.45. The van der Waals surface area contributed by atoms with Gasteiger partial charge in [-0.2, -0.15) is 0 Å². The molecule has 1 unspecified atom stereocenters. The number of benzene rings is 2. The molecule has 3 heteroatoms. The first-order chi connectivity index (χ1) is 10.4. The summed E-state index contributed by atoms with van der Waals surface area (Å²) in [5.74, 6) is 3.02. The summed E-state index contributed by atoms with van der Waals surface area (Å²) in [7, 11) is 0. The summed E-state index contributed by atoms with van der Waals surface area (Å²) in [6.45, 7) is 0.597. The standard InChI is InChI=1S/C18H20O2S/c1-2-6-15(7-3-1)14-19-16-9-11-17(12-10-16)20-18-8-4-5-13-21-18/h1-3,6-7,9-12,18H,4-5,8,13-14H2. The van der Waals surface area contributed by atoms with E-state index in [-0.39, 0.29) is 0 Å². The molecule has 0 aliphatic carbocycles. The van der Waals surface area contributed by atoms with E-state index in [0.29, 0.717) is 12.0 Å². The van der Waals surface area contributed by atoms with Crippen LogP contribution >= 0.6 is 11.8 Å². The zero-order valence-corrected chi connectivity index (χ0v) is 12.9. The fraction of sp³-hybridized carbons (Fsp3) is 0.333. The maximum Gasteiger partial charge on any atom is 0.144 e. The normalized spacial score (nSPS) is 18.2. The largest absolute Gasteiger partial charge is 0.489 e. The Bertz CT molecular complexity index is 533. The van der Waals surface area contributed by atoms with E-state index in [1.54, 1.807) is 0 Å². The van der Waals surface area contributed by atoms with Crippen molar-refractivity contribution in [2.75, 3.05) is 5.75 Å². The Labute approximate surface area is 130 Å². The van der Waals surface area contributed by atoms with Crippen LogP contribution in [0.2, 0.25) is 0 Å². The van der Waals surface area contributed by atoms with E-state index in [0.717, 1.165) is 17.9 Å². The molecule has 0 N–H and O–H groups in total. The monoisotopic (exact) mass is 300 g/mol. The minimum absolute atomic E-state index is 0.315. The van der Waals surface area contributed by atoms with Gasteiger partial charge in [0.2, 0.25) is 0 Å². The minimum Gasteiger partial charge on any atom is -0.489 e. The molecule has 1 atom stereocenters. The van der Waals surface area contributed by atoms with E-state index >= 15 is 0 Å². The van der Waals surface area contributed by atoms with Crippen molar-refractivity contribution in [3.05, 3.63) is 60.2 Å². The second kappa shape index (κ2) is 7.41. The lowest BCUT2D eigenvalue weighted by Crippen LogP contribution is -2.16. The van der Waals surface area contributed by atoms with Crippen molar-refractivity contribution >= 4 is 11.8 Å². The molecule has 0 saturated carbocycles.